The predicted octanol–water partition coefficient (Wildman–Crippen LogP) is 3.93. The molecule has 2 aromatic rings. The zero-order valence-electron chi connectivity index (χ0n) is 11.6. The van der Waals surface area contributed by atoms with Gasteiger partial charge in [-0.25, -0.2) is 4.98 Å². The molecule has 1 heterocycles. The number of carboxylic acids is 1. The highest BCUT2D eigenvalue weighted by Crippen LogP contribution is 2.39. The van der Waals surface area contributed by atoms with E-state index in [0.717, 1.165) is 34.0 Å². The van der Waals surface area contributed by atoms with E-state index >= 15 is 0 Å². The molecule has 1 atom stereocenters. The molecule has 1 unspecified atom stereocenters. The van der Waals surface area contributed by atoms with Gasteiger partial charge in [-0.1, -0.05) is 18.2 Å². The number of thiazole rings is 1. The lowest BCUT2D eigenvalue weighted by Crippen LogP contribution is -2.17. The van der Waals surface area contributed by atoms with Gasteiger partial charge in [-0.3, -0.25) is 4.79 Å². The maximum atomic E-state index is 11.4. The normalized spacial score (nSPS) is 17.8. The minimum atomic E-state index is -0.746. The lowest BCUT2D eigenvalue weighted by Gasteiger charge is -2.16. The lowest BCUT2D eigenvalue weighted by molar-refractivity contribution is -0.139. The molecule has 0 spiro atoms. The van der Waals surface area contributed by atoms with Crippen molar-refractivity contribution < 1.29 is 9.90 Å². The zero-order valence-corrected chi connectivity index (χ0v) is 12.5. The van der Waals surface area contributed by atoms with E-state index in [4.69, 9.17) is 0 Å². The van der Waals surface area contributed by atoms with E-state index in [1.54, 1.807) is 11.3 Å². The number of carboxylic acid groups (broad SMARTS) is 1. The lowest BCUT2D eigenvalue weighted by atomic mass is 9.91. The van der Waals surface area contributed by atoms with Crippen LogP contribution in [0, 0.1) is 13.8 Å². The van der Waals surface area contributed by atoms with Gasteiger partial charge < -0.3 is 5.11 Å². The molecule has 4 heteroatoms. The number of aliphatic carboxylic acids is 1. The third-order valence-corrected chi connectivity index (χ3v) is 5.10. The Kier molecular flexibility index (Phi) is 3.34. The molecular weight excluding hydrogens is 270 g/mol. The molecule has 1 aliphatic carbocycles. The largest absolute Gasteiger partial charge is 0.481 e. The average molecular weight is 287 g/mol. The Morgan fingerprint density at radius 1 is 1.35 bits per heavy atom. The first-order chi connectivity index (χ1) is 9.58. The van der Waals surface area contributed by atoms with Crippen LogP contribution in [0.15, 0.2) is 18.2 Å². The van der Waals surface area contributed by atoms with E-state index in [2.05, 4.69) is 31.0 Å². The van der Waals surface area contributed by atoms with Crippen LogP contribution in [0.3, 0.4) is 0 Å². The van der Waals surface area contributed by atoms with Crippen molar-refractivity contribution in [3.63, 3.8) is 0 Å². The molecular formula is C16H17NO2S. The molecule has 1 aromatic heterocycles. The van der Waals surface area contributed by atoms with Crippen molar-refractivity contribution in [3.05, 3.63) is 39.9 Å². The summed E-state index contributed by atoms with van der Waals surface area (Å²) < 4.78 is 0. The van der Waals surface area contributed by atoms with Crippen LogP contribution in [0.5, 0.6) is 0 Å². The van der Waals surface area contributed by atoms with Crippen molar-refractivity contribution >= 4 is 17.3 Å². The fraction of sp³-hybridized carbons (Fsp3) is 0.375. The molecule has 0 aliphatic heterocycles. The van der Waals surface area contributed by atoms with E-state index in [-0.39, 0.29) is 0 Å². The molecule has 1 aliphatic rings. The summed E-state index contributed by atoms with van der Waals surface area (Å²) in [5.41, 5.74) is 4.35. The quantitative estimate of drug-likeness (QED) is 0.910. The molecule has 1 aromatic carbocycles. The van der Waals surface area contributed by atoms with Crippen molar-refractivity contribution in [2.45, 2.75) is 39.0 Å². The van der Waals surface area contributed by atoms with Crippen LogP contribution in [0.25, 0.3) is 10.6 Å². The molecule has 20 heavy (non-hydrogen) atoms. The predicted molar refractivity (Wildman–Crippen MR) is 80.3 cm³/mol. The number of nitrogens with zero attached hydrogens (tertiary/aromatic N) is 1. The second-order valence-corrected chi connectivity index (χ2v) is 6.46. The first-order valence-corrected chi connectivity index (χ1v) is 7.68. The van der Waals surface area contributed by atoms with Gasteiger partial charge in [0.25, 0.3) is 0 Å². The number of aryl methyl sites for hydroxylation is 3. The number of hydrogen-bond donors (Lipinski definition) is 1. The van der Waals surface area contributed by atoms with E-state index in [1.165, 1.54) is 11.1 Å². The third-order valence-electron chi connectivity index (χ3n) is 3.95. The Balaban J connectivity index is 2.12. The SMILES string of the molecule is Cc1cccc(C)c1-c1nc2c(s1)CCCC2C(=O)O. The van der Waals surface area contributed by atoms with Gasteiger partial charge in [-0.2, -0.15) is 0 Å². The Labute approximate surface area is 122 Å². The summed E-state index contributed by atoms with van der Waals surface area (Å²) in [7, 11) is 0. The third kappa shape index (κ3) is 2.14. The number of benzene rings is 1. The van der Waals surface area contributed by atoms with Gasteiger partial charge in [0.2, 0.25) is 0 Å². The molecule has 0 saturated carbocycles. The van der Waals surface area contributed by atoms with Gasteiger partial charge >= 0.3 is 5.97 Å². The van der Waals surface area contributed by atoms with Crippen molar-refractivity contribution in [3.8, 4) is 10.6 Å². The van der Waals surface area contributed by atoms with Gasteiger partial charge in [-0.05, 0) is 44.2 Å². The Morgan fingerprint density at radius 3 is 2.70 bits per heavy atom. The summed E-state index contributed by atoms with van der Waals surface area (Å²) in [6.07, 6.45) is 2.61. The summed E-state index contributed by atoms with van der Waals surface area (Å²) in [4.78, 5) is 17.2. The van der Waals surface area contributed by atoms with E-state index in [9.17, 15) is 9.90 Å². The summed E-state index contributed by atoms with van der Waals surface area (Å²) in [5.74, 6) is -1.17. The van der Waals surface area contributed by atoms with E-state index in [1.807, 2.05) is 6.07 Å². The second kappa shape index (κ2) is 5.02. The number of fused-ring (bicyclic) bond motifs is 1. The summed E-state index contributed by atoms with van der Waals surface area (Å²) >= 11 is 1.66. The standard InChI is InChI=1S/C16H17NO2S/c1-9-5-3-6-10(2)13(9)15-17-14-11(16(18)19)7-4-8-12(14)20-15/h3,5-6,11H,4,7-8H2,1-2H3,(H,18,19). The fourth-order valence-electron chi connectivity index (χ4n) is 2.92. The highest BCUT2D eigenvalue weighted by molar-refractivity contribution is 7.15. The molecule has 0 radical (unpaired) electrons. The van der Waals surface area contributed by atoms with Crippen LogP contribution in [0.1, 0.15) is 40.5 Å². The maximum Gasteiger partial charge on any atom is 0.312 e. The van der Waals surface area contributed by atoms with E-state index in [0.29, 0.717) is 6.42 Å². The Bertz CT molecular complexity index is 655. The van der Waals surface area contributed by atoms with Crippen LogP contribution in [-0.4, -0.2) is 16.1 Å². The molecule has 1 N–H and O–H groups in total. The summed E-state index contributed by atoms with van der Waals surface area (Å²) in [5, 5.41) is 10.3. The molecule has 3 rings (SSSR count). The first kappa shape index (κ1) is 13.3. The average Bonchev–Trinajstić information content (AvgIpc) is 2.81. The van der Waals surface area contributed by atoms with Gasteiger partial charge in [0.1, 0.15) is 5.01 Å². The number of aromatic nitrogens is 1. The van der Waals surface area contributed by atoms with Gasteiger partial charge in [0.15, 0.2) is 0 Å². The fourth-order valence-corrected chi connectivity index (χ4v) is 4.26. The van der Waals surface area contributed by atoms with Gasteiger partial charge in [0.05, 0.1) is 11.6 Å². The highest BCUT2D eigenvalue weighted by atomic mass is 32.1. The molecule has 104 valence electrons. The smallest absolute Gasteiger partial charge is 0.312 e. The Morgan fingerprint density at radius 2 is 2.05 bits per heavy atom. The van der Waals surface area contributed by atoms with Crippen LogP contribution >= 0.6 is 11.3 Å². The van der Waals surface area contributed by atoms with Crippen molar-refractivity contribution in [1.29, 1.82) is 0 Å². The highest BCUT2D eigenvalue weighted by Gasteiger charge is 2.30. The van der Waals surface area contributed by atoms with E-state index < -0.39 is 11.9 Å². The monoisotopic (exact) mass is 287 g/mol. The maximum absolute atomic E-state index is 11.4. The first-order valence-electron chi connectivity index (χ1n) is 6.87. The number of rotatable bonds is 2. The molecule has 0 amide bonds. The van der Waals surface area contributed by atoms with Crippen molar-refractivity contribution in [2.24, 2.45) is 0 Å². The molecule has 0 bridgehead atoms. The molecule has 0 fully saturated rings. The number of carbonyl (C=O) groups is 1. The van der Waals surface area contributed by atoms with Crippen molar-refractivity contribution in [1.82, 2.24) is 4.98 Å². The minimum absolute atomic E-state index is 0.423. The molecule has 3 nitrogen and oxygen atoms in total. The number of hydrogen-bond acceptors (Lipinski definition) is 3. The Hall–Kier alpha value is -1.68. The van der Waals surface area contributed by atoms with Gasteiger partial charge in [-0.15, -0.1) is 11.3 Å². The summed E-state index contributed by atoms with van der Waals surface area (Å²) in [6, 6.07) is 6.20. The minimum Gasteiger partial charge on any atom is -0.481 e. The summed E-state index contributed by atoms with van der Waals surface area (Å²) in [6.45, 7) is 4.16. The van der Waals surface area contributed by atoms with Gasteiger partial charge in [0, 0.05) is 10.4 Å². The van der Waals surface area contributed by atoms with Crippen LogP contribution in [0.2, 0.25) is 0 Å². The topological polar surface area (TPSA) is 50.2 Å². The second-order valence-electron chi connectivity index (χ2n) is 5.38. The molecule has 0 saturated heterocycles. The van der Waals surface area contributed by atoms with Crippen LogP contribution in [-0.2, 0) is 11.2 Å². The zero-order chi connectivity index (χ0) is 14.3. The van der Waals surface area contributed by atoms with Crippen molar-refractivity contribution in [2.75, 3.05) is 0 Å². The van der Waals surface area contributed by atoms with Crippen LogP contribution in [0.4, 0.5) is 0 Å². The van der Waals surface area contributed by atoms with Crippen LogP contribution < -0.4 is 0 Å².